The van der Waals surface area contributed by atoms with E-state index in [0.717, 1.165) is 24.8 Å². The molecule has 1 amide bonds. The van der Waals surface area contributed by atoms with E-state index in [2.05, 4.69) is 24.4 Å². The molecule has 1 saturated carbocycles. The van der Waals surface area contributed by atoms with Gasteiger partial charge in [-0.2, -0.15) is 0 Å². The molecule has 3 nitrogen and oxygen atoms in total. The lowest BCUT2D eigenvalue weighted by atomic mass is 10.0. The van der Waals surface area contributed by atoms with Crippen LogP contribution >= 0.6 is 0 Å². The Balaban J connectivity index is 1.76. The van der Waals surface area contributed by atoms with Gasteiger partial charge in [0.05, 0.1) is 13.0 Å². The highest BCUT2D eigenvalue weighted by Gasteiger charge is 2.41. The second kappa shape index (κ2) is 6.89. The van der Waals surface area contributed by atoms with Crippen molar-refractivity contribution in [3.8, 4) is 0 Å². The van der Waals surface area contributed by atoms with Crippen LogP contribution in [0.4, 0.5) is 0 Å². The number of hydrogen-bond acceptors (Lipinski definition) is 2. The molecule has 0 radical (unpaired) electrons. The molecule has 2 rings (SSSR count). The predicted octanol–water partition coefficient (Wildman–Crippen LogP) is 2.46. The van der Waals surface area contributed by atoms with E-state index < -0.39 is 0 Å². The standard InChI is InChI=1S/C17H25NO2/c1-2-3-4-14-5-7-15(8-6-14)11-16(20)18-12-17(13-19)9-10-17/h5-8,19H,2-4,9-13H2,1H3,(H,18,20). The fourth-order valence-electron chi connectivity index (χ4n) is 2.31. The number of nitrogens with one attached hydrogen (secondary N) is 1. The summed E-state index contributed by atoms with van der Waals surface area (Å²) < 4.78 is 0. The molecule has 1 aliphatic carbocycles. The highest BCUT2D eigenvalue weighted by Crippen LogP contribution is 2.44. The summed E-state index contributed by atoms with van der Waals surface area (Å²) in [4.78, 5) is 11.9. The Labute approximate surface area is 121 Å². The number of aliphatic hydroxyl groups excluding tert-OH is 1. The van der Waals surface area contributed by atoms with Gasteiger partial charge in [0.2, 0.25) is 5.91 Å². The molecule has 0 unspecified atom stereocenters. The third-order valence-corrected chi connectivity index (χ3v) is 4.16. The van der Waals surface area contributed by atoms with Gasteiger partial charge in [-0.15, -0.1) is 0 Å². The summed E-state index contributed by atoms with van der Waals surface area (Å²) in [5.41, 5.74) is 2.38. The van der Waals surface area contributed by atoms with Crippen LogP contribution in [0.2, 0.25) is 0 Å². The van der Waals surface area contributed by atoms with Gasteiger partial charge in [0.25, 0.3) is 0 Å². The zero-order valence-corrected chi connectivity index (χ0v) is 12.3. The van der Waals surface area contributed by atoms with Crippen LogP contribution in [-0.4, -0.2) is 24.2 Å². The first-order valence-electron chi connectivity index (χ1n) is 7.63. The minimum atomic E-state index is -0.0142. The van der Waals surface area contributed by atoms with Crippen molar-refractivity contribution >= 4 is 5.91 Å². The van der Waals surface area contributed by atoms with Gasteiger partial charge < -0.3 is 10.4 Å². The predicted molar refractivity (Wildman–Crippen MR) is 80.5 cm³/mol. The fraction of sp³-hybridized carbons (Fsp3) is 0.588. The lowest BCUT2D eigenvalue weighted by Crippen LogP contribution is -2.32. The number of benzene rings is 1. The molecular weight excluding hydrogens is 250 g/mol. The second-order valence-electron chi connectivity index (χ2n) is 6.03. The molecule has 2 N–H and O–H groups in total. The Hall–Kier alpha value is -1.35. The summed E-state index contributed by atoms with van der Waals surface area (Å²) >= 11 is 0. The zero-order valence-electron chi connectivity index (χ0n) is 12.3. The Morgan fingerprint density at radius 1 is 1.25 bits per heavy atom. The van der Waals surface area contributed by atoms with Crippen LogP contribution in [0.15, 0.2) is 24.3 Å². The van der Waals surface area contributed by atoms with E-state index in [1.807, 2.05) is 12.1 Å². The highest BCUT2D eigenvalue weighted by molar-refractivity contribution is 5.78. The SMILES string of the molecule is CCCCc1ccc(CC(=O)NCC2(CO)CC2)cc1. The van der Waals surface area contributed by atoms with Crippen LogP contribution in [0.25, 0.3) is 0 Å². The maximum Gasteiger partial charge on any atom is 0.224 e. The molecular formula is C17H25NO2. The molecule has 3 heteroatoms. The summed E-state index contributed by atoms with van der Waals surface area (Å²) in [7, 11) is 0. The van der Waals surface area contributed by atoms with Gasteiger partial charge in [0.1, 0.15) is 0 Å². The molecule has 110 valence electrons. The number of amides is 1. The van der Waals surface area contributed by atoms with Crippen molar-refractivity contribution in [3.05, 3.63) is 35.4 Å². The van der Waals surface area contributed by atoms with E-state index in [4.69, 9.17) is 0 Å². The van der Waals surface area contributed by atoms with Crippen LogP contribution in [0.1, 0.15) is 43.7 Å². The first-order valence-corrected chi connectivity index (χ1v) is 7.63. The first-order chi connectivity index (χ1) is 9.67. The van der Waals surface area contributed by atoms with Crippen molar-refractivity contribution in [2.24, 2.45) is 5.41 Å². The quantitative estimate of drug-likeness (QED) is 0.765. The van der Waals surface area contributed by atoms with Gasteiger partial charge in [0, 0.05) is 12.0 Å². The fourth-order valence-corrected chi connectivity index (χ4v) is 2.31. The van der Waals surface area contributed by atoms with Crippen molar-refractivity contribution in [2.75, 3.05) is 13.2 Å². The number of unbranched alkanes of at least 4 members (excludes halogenated alkanes) is 1. The van der Waals surface area contributed by atoms with Gasteiger partial charge >= 0.3 is 0 Å². The van der Waals surface area contributed by atoms with Gasteiger partial charge in [-0.05, 0) is 36.8 Å². The van der Waals surface area contributed by atoms with Gasteiger partial charge in [-0.1, -0.05) is 37.6 Å². The van der Waals surface area contributed by atoms with Crippen molar-refractivity contribution in [1.29, 1.82) is 0 Å². The lowest BCUT2D eigenvalue weighted by molar-refractivity contribution is -0.120. The molecule has 0 aromatic heterocycles. The molecule has 20 heavy (non-hydrogen) atoms. The molecule has 1 aliphatic rings. The minimum Gasteiger partial charge on any atom is -0.396 e. The van der Waals surface area contributed by atoms with E-state index in [1.165, 1.54) is 18.4 Å². The molecule has 0 saturated heterocycles. The number of carbonyl (C=O) groups is 1. The van der Waals surface area contributed by atoms with E-state index in [0.29, 0.717) is 13.0 Å². The van der Waals surface area contributed by atoms with E-state index in [9.17, 15) is 9.90 Å². The van der Waals surface area contributed by atoms with Gasteiger partial charge in [-0.3, -0.25) is 4.79 Å². The topological polar surface area (TPSA) is 49.3 Å². The largest absolute Gasteiger partial charge is 0.396 e. The maximum absolute atomic E-state index is 11.9. The minimum absolute atomic E-state index is 0.0142. The molecule has 0 atom stereocenters. The van der Waals surface area contributed by atoms with Crippen LogP contribution in [0.3, 0.4) is 0 Å². The molecule has 0 aliphatic heterocycles. The Bertz CT molecular complexity index is 435. The average Bonchev–Trinajstić information content (AvgIpc) is 3.25. The molecule has 0 heterocycles. The number of aryl methyl sites for hydroxylation is 1. The summed E-state index contributed by atoms with van der Waals surface area (Å²) in [6.07, 6.45) is 6.00. The number of carbonyl (C=O) groups excluding carboxylic acids is 1. The average molecular weight is 275 g/mol. The zero-order chi connectivity index (χ0) is 14.4. The van der Waals surface area contributed by atoms with E-state index >= 15 is 0 Å². The third kappa shape index (κ3) is 4.34. The maximum atomic E-state index is 11.9. The monoisotopic (exact) mass is 275 g/mol. The van der Waals surface area contributed by atoms with Crippen molar-refractivity contribution in [3.63, 3.8) is 0 Å². The van der Waals surface area contributed by atoms with Crippen LogP contribution in [0.5, 0.6) is 0 Å². The smallest absolute Gasteiger partial charge is 0.224 e. The molecule has 1 aromatic carbocycles. The molecule has 0 bridgehead atoms. The number of rotatable bonds is 8. The summed E-state index contributed by atoms with van der Waals surface area (Å²) in [5, 5.41) is 12.1. The van der Waals surface area contributed by atoms with Gasteiger partial charge in [-0.25, -0.2) is 0 Å². The molecule has 0 spiro atoms. The van der Waals surface area contributed by atoms with E-state index in [1.54, 1.807) is 0 Å². The van der Waals surface area contributed by atoms with Crippen LogP contribution < -0.4 is 5.32 Å². The summed E-state index contributed by atoms with van der Waals surface area (Å²) in [5.74, 6) is 0.0473. The van der Waals surface area contributed by atoms with E-state index in [-0.39, 0.29) is 17.9 Å². The molecule has 1 fully saturated rings. The Morgan fingerprint density at radius 2 is 1.90 bits per heavy atom. The lowest BCUT2D eigenvalue weighted by Gasteiger charge is -2.12. The Kier molecular flexibility index (Phi) is 5.18. The number of hydrogen-bond donors (Lipinski definition) is 2. The van der Waals surface area contributed by atoms with Gasteiger partial charge in [0.15, 0.2) is 0 Å². The number of aliphatic hydroxyl groups is 1. The normalized spacial score (nSPS) is 15.9. The highest BCUT2D eigenvalue weighted by atomic mass is 16.3. The van der Waals surface area contributed by atoms with Crippen molar-refractivity contribution < 1.29 is 9.90 Å². The summed E-state index contributed by atoms with van der Waals surface area (Å²) in [6.45, 7) is 2.98. The first kappa shape index (κ1) is 15.0. The Morgan fingerprint density at radius 3 is 2.45 bits per heavy atom. The van der Waals surface area contributed by atoms with Crippen molar-refractivity contribution in [2.45, 2.75) is 45.4 Å². The summed E-state index contributed by atoms with van der Waals surface area (Å²) in [6, 6.07) is 8.33. The molecule has 1 aromatic rings. The van der Waals surface area contributed by atoms with Crippen LogP contribution in [0, 0.1) is 5.41 Å². The second-order valence-corrected chi connectivity index (χ2v) is 6.03. The van der Waals surface area contributed by atoms with Crippen molar-refractivity contribution in [1.82, 2.24) is 5.32 Å². The third-order valence-electron chi connectivity index (χ3n) is 4.16. The van der Waals surface area contributed by atoms with Crippen LogP contribution in [-0.2, 0) is 17.6 Å².